The van der Waals surface area contributed by atoms with Crippen LogP contribution in [0.4, 0.5) is 5.13 Å². The molecule has 0 unspecified atom stereocenters. The Bertz CT molecular complexity index is 1220. The van der Waals surface area contributed by atoms with Crippen LogP contribution in [-0.2, 0) is 9.59 Å². The van der Waals surface area contributed by atoms with Crippen molar-refractivity contribution in [2.45, 2.75) is 34.9 Å². The van der Waals surface area contributed by atoms with Gasteiger partial charge in [0.15, 0.2) is 5.13 Å². The van der Waals surface area contributed by atoms with Crippen LogP contribution in [0.25, 0.3) is 0 Å². The fourth-order valence-corrected chi connectivity index (χ4v) is 5.71. The third kappa shape index (κ3) is 5.49. The molecule has 0 bridgehead atoms. The topological polar surface area (TPSA) is 116 Å². The Morgan fingerprint density at radius 1 is 1.34 bits per heavy atom. The summed E-state index contributed by atoms with van der Waals surface area (Å²) in [5.41, 5.74) is 1.31. The van der Waals surface area contributed by atoms with Gasteiger partial charge in [-0.15, -0.1) is 0 Å². The molecule has 3 amide bonds. The molecule has 35 heavy (non-hydrogen) atoms. The number of nitrogens with one attached hydrogen (secondary N) is 1. The van der Waals surface area contributed by atoms with Crippen LogP contribution in [0, 0.1) is 24.2 Å². The lowest BCUT2D eigenvalue weighted by Gasteiger charge is -2.38. The van der Waals surface area contributed by atoms with Crippen molar-refractivity contribution in [2.24, 2.45) is 5.92 Å². The molecular formula is C24H25N5O4S2. The minimum atomic E-state index is -0.745. The average Bonchev–Trinajstić information content (AvgIpc) is 3.64. The number of nitrogens with zero attached hydrogens (tertiary/aromatic N) is 4. The summed E-state index contributed by atoms with van der Waals surface area (Å²) < 4.78 is 6.37. The SMILES string of the molecule is C=CC(=O)N1CCN(C(=O)c2cc(Sc3cnc(NC(=O)C4CC4)s3)c(C)cc2OC)C[C@H]1C#N. The fraction of sp³-hybridized carbons (Fsp3) is 0.375. The summed E-state index contributed by atoms with van der Waals surface area (Å²) >= 11 is 2.84. The van der Waals surface area contributed by atoms with Crippen LogP contribution in [0.1, 0.15) is 28.8 Å². The van der Waals surface area contributed by atoms with Crippen LogP contribution < -0.4 is 10.1 Å². The molecule has 9 nitrogen and oxygen atoms in total. The lowest BCUT2D eigenvalue weighted by Crippen LogP contribution is -2.55. The molecule has 1 saturated heterocycles. The van der Waals surface area contributed by atoms with E-state index in [1.165, 1.54) is 41.2 Å². The normalized spacial score (nSPS) is 17.5. The van der Waals surface area contributed by atoms with Crippen LogP contribution in [0.15, 0.2) is 40.1 Å². The molecular weight excluding hydrogens is 486 g/mol. The van der Waals surface area contributed by atoms with E-state index in [-0.39, 0.29) is 36.7 Å². The van der Waals surface area contributed by atoms with Crippen molar-refractivity contribution in [3.63, 3.8) is 0 Å². The number of nitriles is 1. The highest BCUT2D eigenvalue weighted by Crippen LogP contribution is 2.39. The first-order valence-electron chi connectivity index (χ1n) is 11.1. The number of amides is 3. The summed E-state index contributed by atoms with van der Waals surface area (Å²) in [5.74, 6) is -0.0414. The Kier molecular flexibility index (Phi) is 7.42. The average molecular weight is 512 g/mol. The molecule has 1 aromatic carbocycles. The van der Waals surface area contributed by atoms with Crippen molar-refractivity contribution < 1.29 is 19.1 Å². The number of carbonyl (C=O) groups is 3. The number of carbonyl (C=O) groups excluding carboxylic acids is 3. The van der Waals surface area contributed by atoms with Gasteiger partial charge in [0.2, 0.25) is 11.8 Å². The number of aromatic nitrogens is 1. The Labute approximate surface area is 211 Å². The van der Waals surface area contributed by atoms with Gasteiger partial charge in [-0.25, -0.2) is 4.98 Å². The molecule has 2 fully saturated rings. The van der Waals surface area contributed by atoms with E-state index >= 15 is 0 Å². The van der Waals surface area contributed by atoms with Gasteiger partial charge in [-0.05, 0) is 43.5 Å². The number of ether oxygens (including phenoxy) is 1. The third-order valence-electron chi connectivity index (χ3n) is 5.88. The maximum Gasteiger partial charge on any atom is 0.257 e. The highest BCUT2D eigenvalue weighted by atomic mass is 32.2. The number of thiazole rings is 1. The van der Waals surface area contributed by atoms with Crippen LogP contribution in [0.2, 0.25) is 0 Å². The number of piperazine rings is 1. The highest BCUT2D eigenvalue weighted by molar-refractivity contribution is 8.01. The van der Waals surface area contributed by atoms with Crippen molar-refractivity contribution in [3.8, 4) is 11.8 Å². The molecule has 1 aromatic heterocycles. The predicted octanol–water partition coefficient (Wildman–Crippen LogP) is 3.32. The Morgan fingerprint density at radius 3 is 2.77 bits per heavy atom. The second-order valence-electron chi connectivity index (χ2n) is 8.30. The summed E-state index contributed by atoms with van der Waals surface area (Å²) in [7, 11) is 1.51. The van der Waals surface area contributed by atoms with Crippen molar-refractivity contribution >= 4 is 46.0 Å². The molecule has 2 aliphatic rings. The van der Waals surface area contributed by atoms with Crippen LogP contribution in [-0.4, -0.2) is 65.3 Å². The van der Waals surface area contributed by atoms with Gasteiger partial charge in [0.05, 0.1) is 35.7 Å². The van der Waals surface area contributed by atoms with Gasteiger partial charge in [-0.3, -0.25) is 14.4 Å². The molecule has 2 heterocycles. The van der Waals surface area contributed by atoms with Gasteiger partial charge in [0.1, 0.15) is 11.8 Å². The molecule has 0 radical (unpaired) electrons. The highest BCUT2D eigenvalue weighted by Gasteiger charge is 2.33. The van der Waals surface area contributed by atoms with Crippen molar-refractivity contribution in [2.75, 3.05) is 32.1 Å². The number of rotatable bonds is 7. The van der Waals surface area contributed by atoms with Crippen molar-refractivity contribution in [1.29, 1.82) is 5.26 Å². The number of aryl methyl sites for hydroxylation is 1. The summed E-state index contributed by atoms with van der Waals surface area (Å²) in [6, 6.07) is 4.96. The second-order valence-corrected chi connectivity index (χ2v) is 10.7. The van der Waals surface area contributed by atoms with Crippen molar-refractivity contribution in [3.05, 3.63) is 42.1 Å². The molecule has 4 rings (SSSR count). The predicted molar refractivity (Wildman–Crippen MR) is 133 cm³/mol. The standard InChI is InChI=1S/C24H25N5O4S2/c1-4-20(30)29-8-7-28(13-16(29)11-25)23(32)17-10-19(14(2)9-18(17)33-3)34-21-12-26-24(35-21)27-22(31)15-5-6-15/h4,9-10,12,15-16H,1,5-8,13H2,2-3H3,(H,26,27,31)/t16-/m1/s1. The molecule has 2 aromatic rings. The first-order chi connectivity index (χ1) is 16.8. The van der Waals surface area contributed by atoms with Gasteiger partial charge in [-0.1, -0.05) is 29.7 Å². The Hall–Kier alpha value is -3.36. The molecule has 0 spiro atoms. The summed E-state index contributed by atoms with van der Waals surface area (Å²) in [4.78, 5) is 45.6. The zero-order chi connectivity index (χ0) is 25.1. The molecule has 11 heteroatoms. The van der Waals surface area contributed by atoms with Gasteiger partial charge in [0, 0.05) is 23.9 Å². The van der Waals surface area contributed by atoms with E-state index in [2.05, 4.69) is 22.9 Å². The number of hydrogen-bond donors (Lipinski definition) is 1. The van der Waals surface area contributed by atoms with Crippen LogP contribution >= 0.6 is 23.1 Å². The van der Waals surface area contributed by atoms with E-state index in [0.29, 0.717) is 23.0 Å². The maximum absolute atomic E-state index is 13.4. The lowest BCUT2D eigenvalue weighted by molar-refractivity contribution is -0.129. The van der Waals surface area contributed by atoms with Gasteiger partial charge >= 0.3 is 0 Å². The van der Waals surface area contributed by atoms with E-state index in [1.54, 1.807) is 17.2 Å². The molecule has 1 N–H and O–H groups in total. The van der Waals surface area contributed by atoms with Crippen molar-refractivity contribution in [1.82, 2.24) is 14.8 Å². The van der Waals surface area contributed by atoms with Crippen LogP contribution in [0.3, 0.4) is 0 Å². The largest absolute Gasteiger partial charge is 0.496 e. The second kappa shape index (κ2) is 10.5. The van der Waals surface area contributed by atoms with E-state index in [9.17, 15) is 19.6 Å². The molecule has 182 valence electrons. The summed E-state index contributed by atoms with van der Waals surface area (Å²) in [6.07, 6.45) is 4.73. The number of anilines is 1. The smallest absolute Gasteiger partial charge is 0.257 e. The quantitative estimate of drug-likeness (QED) is 0.567. The van der Waals surface area contributed by atoms with E-state index < -0.39 is 6.04 Å². The molecule has 1 atom stereocenters. The summed E-state index contributed by atoms with van der Waals surface area (Å²) in [6.45, 7) is 6.07. The zero-order valence-corrected chi connectivity index (χ0v) is 21.1. The monoisotopic (exact) mass is 511 g/mol. The number of benzene rings is 1. The minimum absolute atomic E-state index is 0.00923. The first kappa shape index (κ1) is 24.8. The van der Waals surface area contributed by atoms with Gasteiger partial charge in [-0.2, -0.15) is 5.26 Å². The number of hydrogen-bond acceptors (Lipinski definition) is 8. The maximum atomic E-state index is 13.4. The van der Waals surface area contributed by atoms with E-state index in [0.717, 1.165) is 27.5 Å². The zero-order valence-electron chi connectivity index (χ0n) is 19.4. The lowest BCUT2D eigenvalue weighted by atomic mass is 10.1. The van der Waals surface area contributed by atoms with Gasteiger partial charge in [0.25, 0.3) is 5.91 Å². The molecule has 1 aliphatic heterocycles. The Balaban J connectivity index is 1.52. The number of methoxy groups -OCH3 is 1. The Morgan fingerprint density at radius 2 is 2.11 bits per heavy atom. The van der Waals surface area contributed by atoms with Gasteiger partial charge < -0.3 is 19.9 Å². The fourth-order valence-electron chi connectivity index (χ4n) is 3.76. The van der Waals surface area contributed by atoms with Crippen LogP contribution in [0.5, 0.6) is 5.75 Å². The summed E-state index contributed by atoms with van der Waals surface area (Å²) in [5, 5.41) is 12.9. The van der Waals surface area contributed by atoms with E-state index in [1.807, 2.05) is 13.0 Å². The third-order valence-corrected chi connectivity index (χ3v) is 8.05. The molecule has 1 aliphatic carbocycles. The first-order valence-corrected chi connectivity index (χ1v) is 12.7. The molecule has 1 saturated carbocycles. The van der Waals surface area contributed by atoms with E-state index in [4.69, 9.17) is 4.74 Å². The minimum Gasteiger partial charge on any atom is -0.496 e.